The van der Waals surface area contributed by atoms with Gasteiger partial charge in [0, 0.05) is 18.3 Å². The first kappa shape index (κ1) is 15.0. The van der Waals surface area contributed by atoms with Crippen LogP contribution in [0.1, 0.15) is 38.2 Å². The third-order valence-corrected chi connectivity index (χ3v) is 6.67. The van der Waals surface area contributed by atoms with E-state index in [0.717, 1.165) is 22.6 Å². The van der Waals surface area contributed by atoms with Gasteiger partial charge in [-0.2, -0.15) is 4.99 Å². The molecule has 2 heterocycles. The van der Waals surface area contributed by atoms with E-state index in [1.807, 2.05) is 19.1 Å². The first-order chi connectivity index (χ1) is 11.1. The molecule has 2 aliphatic carbocycles. The fraction of sp³-hybridized carbons (Fsp3) is 0.588. The summed E-state index contributed by atoms with van der Waals surface area (Å²) in [5.41, 5.74) is 0.882. The molecule has 0 spiro atoms. The molecule has 1 amide bonds. The van der Waals surface area contributed by atoms with Gasteiger partial charge < -0.3 is 10.1 Å². The van der Waals surface area contributed by atoms with Gasteiger partial charge in [-0.15, -0.1) is 0 Å². The number of aliphatic imine (C=N–C) groups is 1. The van der Waals surface area contributed by atoms with Crippen LogP contribution in [0.2, 0.25) is 0 Å². The highest BCUT2D eigenvalue weighted by Crippen LogP contribution is 2.47. The van der Waals surface area contributed by atoms with Crippen molar-refractivity contribution in [3.05, 3.63) is 23.9 Å². The molecule has 122 valence electrons. The van der Waals surface area contributed by atoms with Gasteiger partial charge in [-0.3, -0.25) is 4.79 Å². The van der Waals surface area contributed by atoms with Gasteiger partial charge in [-0.05, 0) is 49.7 Å². The van der Waals surface area contributed by atoms with Crippen LogP contribution in [0.3, 0.4) is 0 Å². The fourth-order valence-electron chi connectivity index (χ4n) is 4.10. The number of pyridine rings is 1. The number of fused-ring (bicyclic) bond motifs is 2. The highest BCUT2D eigenvalue weighted by atomic mass is 32.2. The molecule has 6 heteroatoms. The summed E-state index contributed by atoms with van der Waals surface area (Å²) in [6, 6.07) is 4.17. The second-order valence-corrected chi connectivity index (χ2v) is 8.28. The van der Waals surface area contributed by atoms with Crippen LogP contribution in [0.15, 0.2) is 23.3 Å². The zero-order valence-corrected chi connectivity index (χ0v) is 14.2. The van der Waals surface area contributed by atoms with Gasteiger partial charge in [0.1, 0.15) is 4.75 Å². The van der Waals surface area contributed by atoms with Crippen molar-refractivity contribution in [2.24, 2.45) is 16.8 Å². The van der Waals surface area contributed by atoms with E-state index in [-0.39, 0.29) is 5.91 Å². The van der Waals surface area contributed by atoms with Gasteiger partial charge in [-0.25, -0.2) is 4.98 Å². The SMILES string of the molecule is COc1cc(C2(C)SC(N[C@H]3C[C@H]4CC[C@H]3C4)=NC2=O)ccn1. The lowest BCUT2D eigenvalue weighted by Gasteiger charge is -2.25. The first-order valence-corrected chi connectivity index (χ1v) is 8.99. The molecule has 1 aliphatic heterocycles. The molecule has 1 aromatic heterocycles. The molecule has 1 N–H and O–H groups in total. The summed E-state index contributed by atoms with van der Waals surface area (Å²) in [4.78, 5) is 20.9. The predicted molar refractivity (Wildman–Crippen MR) is 90.5 cm³/mol. The predicted octanol–water partition coefficient (Wildman–Crippen LogP) is 2.71. The summed E-state index contributed by atoms with van der Waals surface area (Å²) in [6.07, 6.45) is 6.91. The van der Waals surface area contributed by atoms with E-state index in [1.165, 1.54) is 37.4 Å². The zero-order valence-electron chi connectivity index (χ0n) is 13.4. The summed E-state index contributed by atoms with van der Waals surface area (Å²) in [7, 11) is 1.58. The Bertz CT molecular complexity index is 678. The van der Waals surface area contributed by atoms with Crippen LogP contribution < -0.4 is 10.1 Å². The van der Waals surface area contributed by atoms with Crippen molar-refractivity contribution in [3.8, 4) is 5.88 Å². The number of hydrogen-bond acceptors (Lipinski definition) is 5. The van der Waals surface area contributed by atoms with Crippen LogP contribution >= 0.6 is 11.8 Å². The molecule has 1 unspecified atom stereocenters. The van der Waals surface area contributed by atoms with E-state index in [4.69, 9.17) is 4.74 Å². The molecule has 0 aromatic carbocycles. The number of amidine groups is 1. The summed E-state index contributed by atoms with van der Waals surface area (Å²) in [5, 5.41) is 4.31. The number of carbonyl (C=O) groups excluding carboxylic acids is 1. The van der Waals surface area contributed by atoms with Crippen LogP contribution in [-0.2, 0) is 9.54 Å². The molecule has 3 aliphatic rings. The van der Waals surface area contributed by atoms with Gasteiger partial charge in [0.2, 0.25) is 5.88 Å². The van der Waals surface area contributed by atoms with Crippen LogP contribution in [0.5, 0.6) is 5.88 Å². The van der Waals surface area contributed by atoms with Gasteiger partial charge in [-0.1, -0.05) is 18.2 Å². The minimum atomic E-state index is -0.698. The quantitative estimate of drug-likeness (QED) is 0.922. The van der Waals surface area contributed by atoms with E-state index >= 15 is 0 Å². The maximum absolute atomic E-state index is 12.5. The Kier molecular flexibility index (Phi) is 3.59. The third kappa shape index (κ3) is 2.53. The molecule has 23 heavy (non-hydrogen) atoms. The highest BCUT2D eigenvalue weighted by molar-refractivity contribution is 8.15. The van der Waals surface area contributed by atoms with E-state index in [1.54, 1.807) is 13.3 Å². The molecular weight excluding hydrogens is 310 g/mol. The Morgan fingerprint density at radius 2 is 2.26 bits per heavy atom. The van der Waals surface area contributed by atoms with Crippen LogP contribution in [0.4, 0.5) is 0 Å². The second-order valence-electron chi connectivity index (χ2n) is 6.87. The molecule has 5 nitrogen and oxygen atoms in total. The Morgan fingerprint density at radius 1 is 1.39 bits per heavy atom. The number of rotatable bonds is 3. The summed E-state index contributed by atoms with van der Waals surface area (Å²) in [5.74, 6) is 2.04. The summed E-state index contributed by atoms with van der Waals surface area (Å²) >= 11 is 1.51. The monoisotopic (exact) mass is 331 g/mol. The minimum Gasteiger partial charge on any atom is -0.481 e. The number of amides is 1. The topological polar surface area (TPSA) is 63.6 Å². The average molecular weight is 331 g/mol. The summed E-state index contributed by atoms with van der Waals surface area (Å²) < 4.78 is 4.48. The molecular formula is C17H21N3O2S. The molecule has 0 radical (unpaired) electrons. The van der Waals surface area contributed by atoms with Crippen molar-refractivity contribution in [1.82, 2.24) is 10.3 Å². The molecule has 0 saturated heterocycles. The van der Waals surface area contributed by atoms with Crippen molar-refractivity contribution in [1.29, 1.82) is 0 Å². The first-order valence-electron chi connectivity index (χ1n) is 8.17. The largest absolute Gasteiger partial charge is 0.481 e. The second kappa shape index (κ2) is 5.51. The number of aromatic nitrogens is 1. The van der Waals surface area contributed by atoms with Gasteiger partial charge in [0.05, 0.1) is 7.11 Å². The van der Waals surface area contributed by atoms with Crippen LogP contribution in [-0.4, -0.2) is 29.2 Å². The van der Waals surface area contributed by atoms with Crippen molar-refractivity contribution < 1.29 is 9.53 Å². The zero-order chi connectivity index (χ0) is 16.0. The van der Waals surface area contributed by atoms with Gasteiger partial charge in [0.25, 0.3) is 5.91 Å². The fourth-order valence-corrected chi connectivity index (χ4v) is 5.20. The number of methoxy groups -OCH3 is 1. The maximum Gasteiger partial charge on any atom is 0.269 e. The van der Waals surface area contributed by atoms with E-state index in [9.17, 15) is 4.79 Å². The van der Waals surface area contributed by atoms with Gasteiger partial charge in [0.15, 0.2) is 5.17 Å². The number of nitrogens with zero attached hydrogens (tertiary/aromatic N) is 2. The van der Waals surface area contributed by atoms with Crippen LogP contribution in [0.25, 0.3) is 0 Å². The maximum atomic E-state index is 12.5. The Labute approximate surface area is 140 Å². The number of carbonyl (C=O) groups is 1. The van der Waals surface area contributed by atoms with Gasteiger partial charge >= 0.3 is 0 Å². The number of hydrogen-bond donors (Lipinski definition) is 1. The van der Waals surface area contributed by atoms with E-state index < -0.39 is 4.75 Å². The molecule has 2 fully saturated rings. The lowest BCUT2D eigenvalue weighted by molar-refractivity contribution is -0.119. The number of ether oxygens (including phenoxy) is 1. The normalized spacial score (nSPS) is 35.5. The van der Waals surface area contributed by atoms with Crippen molar-refractivity contribution in [2.45, 2.75) is 43.4 Å². The number of thioether (sulfide) groups is 1. The smallest absolute Gasteiger partial charge is 0.269 e. The Hall–Kier alpha value is -1.56. The van der Waals surface area contributed by atoms with Crippen molar-refractivity contribution >= 4 is 22.8 Å². The van der Waals surface area contributed by atoms with Crippen LogP contribution in [0, 0.1) is 11.8 Å². The highest BCUT2D eigenvalue weighted by Gasteiger charge is 2.45. The molecule has 2 saturated carbocycles. The average Bonchev–Trinajstić information content (AvgIpc) is 3.24. The molecule has 2 bridgehead atoms. The Balaban J connectivity index is 1.51. The van der Waals surface area contributed by atoms with E-state index in [0.29, 0.717) is 11.9 Å². The lowest BCUT2D eigenvalue weighted by atomic mass is 9.96. The number of nitrogens with one attached hydrogen (secondary N) is 1. The molecule has 1 aromatic rings. The third-order valence-electron chi connectivity index (χ3n) is 5.45. The minimum absolute atomic E-state index is 0.110. The van der Waals surface area contributed by atoms with Crippen molar-refractivity contribution in [3.63, 3.8) is 0 Å². The Morgan fingerprint density at radius 3 is 2.96 bits per heavy atom. The standard InChI is InChI=1S/C17H21N3O2S/c1-17(12-5-6-18-14(9-12)22-2)15(21)20-16(23-17)19-13-8-10-3-4-11(13)7-10/h5-6,9-11,13H,3-4,7-8H2,1-2H3,(H,19,20,21)/t10-,11-,13-,17?/m0/s1. The lowest BCUT2D eigenvalue weighted by Crippen LogP contribution is -2.37. The molecule has 4 rings (SSSR count). The van der Waals surface area contributed by atoms with Crippen molar-refractivity contribution in [2.75, 3.05) is 7.11 Å². The molecule has 4 atom stereocenters. The van der Waals surface area contributed by atoms with E-state index in [2.05, 4.69) is 15.3 Å². The summed E-state index contributed by atoms with van der Waals surface area (Å²) in [6.45, 7) is 1.92.